The number of aromatic nitrogens is 6. The van der Waals surface area contributed by atoms with Gasteiger partial charge in [-0.3, -0.25) is 28.3 Å². The first-order valence-electron chi connectivity index (χ1n) is 18.7. The van der Waals surface area contributed by atoms with Crippen LogP contribution in [0.5, 0.6) is 0 Å². The number of nitrogens with one attached hydrogen (secondary N) is 2. The molecule has 324 valence electrons. The molecule has 0 unspecified atom stereocenters. The molecule has 4 heterocycles. The van der Waals surface area contributed by atoms with Crippen molar-refractivity contribution in [3.05, 3.63) is 164 Å². The maximum absolute atomic E-state index is 14.6. The lowest BCUT2D eigenvalue weighted by Gasteiger charge is -2.15. The van der Waals surface area contributed by atoms with Gasteiger partial charge in [-0.2, -0.15) is 9.97 Å². The van der Waals surface area contributed by atoms with Crippen LogP contribution in [0.2, 0.25) is 0 Å². The van der Waals surface area contributed by atoms with Crippen molar-refractivity contribution in [2.75, 3.05) is 23.7 Å². The summed E-state index contributed by atoms with van der Waals surface area (Å²) in [5, 5.41) is 23.5. The zero-order valence-corrected chi connectivity index (χ0v) is 33.1. The Morgan fingerprint density at radius 3 is 1.22 bits per heavy atom. The predicted molar refractivity (Wildman–Crippen MR) is 223 cm³/mol. The van der Waals surface area contributed by atoms with Crippen molar-refractivity contribution < 1.29 is 46.1 Å². The molecule has 0 aliphatic rings. The number of carboxylic acid groups (broad SMARTS) is 2. The van der Waals surface area contributed by atoms with Gasteiger partial charge >= 0.3 is 11.9 Å². The van der Waals surface area contributed by atoms with Crippen molar-refractivity contribution >= 4 is 45.9 Å². The molecule has 0 spiro atoms. The van der Waals surface area contributed by atoms with Crippen LogP contribution in [0.1, 0.15) is 11.1 Å². The second-order valence-electron chi connectivity index (χ2n) is 13.8. The van der Waals surface area contributed by atoms with Gasteiger partial charge in [0.2, 0.25) is 11.9 Å². The van der Waals surface area contributed by atoms with Crippen LogP contribution in [0.4, 0.5) is 38.2 Å². The number of carboxylic acids is 2. The fraction of sp³-hybridized carbons (Fsp3) is 0.0909. The minimum Gasteiger partial charge on any atom is -0.480 e. The van der Waals surface area contributed by atoms with E-state index in [-0.39, 0.29) is 45.4 Å². The van der Waals surface area contributed by atoms with E-state index in [9.17, 15) is 45.5 Å². The maximum Gasteiger partial charge on any atom is 0.322 e. The monoisotopic (exact) mass is 880 g/mol. The van der Waals surface area contributed by atoms with E-state index >= 15 is 0 Å². The quantitative estimate of drug-likeness (QED) is 0.100. The fourth-order valence-electron chi connectivity index (χ4n) is 6.73. The molecule has 14 nitrogen and oxygen atoms in total. The van der Waals surface area contributed by atoms with E-state index in [1.807, 2.05) is 0 Å². The summed E-state index contributed by atoms with van der Waals surface area (Å²) in [6, 6.07) is 19.3. The molecule has 0 saturated heterocycles. The number of nitrogens with zero attached hydrogens (tertiary/aromatic N) is 6. The van der Waals surface area contributed by atoms with Crippen molar-refractivity contribution in [2.45, 2.75) is 13.8 Å². The van der Waals surface area contributed by atoms with Gasteiger partial charge in [0.05, 0.1) is 11.4 Å². The molecule has 0 atom stereocenters. The van der Waals surface area contributed by atoms with Crippen molar-refractivity contribution in [3.63, 3.8) is 0 Å². The van der Waals surface area contributed by atoms with E-state index in [4.69, 9.17) is 10.2 Å². The molecule has 0 radical (unpaired) electrons. The van der Waals surface area contributed by atoms with Gasteiger partial charge in [-0.25, -0.2) is 36.3 Å². The number of halogens is 6. The first kappa shape index (κ1) is 43.7. The highest BCUT2D eigenvalue weighted by Crippen LogP contribution is 2.33. The molecular formula is C44H30F6N8O6. The molecular weight excluding hydrogens is 851 g/mol. The molecule has 64 heavy (non-hydrogen) atoms. The van der Waals surface area contributed by atoms with E-state index in [0.717, 1.165) is 57.7 Å². The molecule has 0 fully saturated rings. The van der Waals surface area contributed by atoms with Crippen LogP contribution in [-0.2, 0) is 9.59 Å². The summed E-state index contributed by atoms with van der Waals surface area (Å²) < 4.78 is 87.0. The molecule has 8 aromatic rings. The SMILES string of the molecule is Cc1cc(F)ccc1-c1nc(NCC(=O)O)nc2c1ccc(=O)n2-c1c(F)cccc1F.Cc1cc(F)ccc1-c1nc(NCC(=O)O)nc2c1ccc(=O)n2-c1c(F)cccc1F. The molecule has 0 aliphatic heterocycles. The van der Waals surface area contributed by atoms with Crippen molar-refractivity contribution in [1.82, 2.24) is 29.1 Å². The van der Waals surface area contributed by atoms with E-state index in [2.05, 4.69) is 30.6 Å². The van der Waals surface area contributed by atoms with Gasteiger partial charge in [0, 0.05) is 34.0 Å². The molecule has 0 amide bonds. The minimum atomic E-state index is -1.20. The van der Waals surface area contributed by atoms with Gasteiger partial charge in [0.1, 0.15) is 59.4 Å². The van der Waals surface area contributed by atoms with E-state index in [1.165, 1.54) is 48.5 Å². The number of fused-ring (bicyclic) bond motifs is 2. The highest BCUT2D eigenvalue weighted by atomic mass is 19.2. The zero-order chi connectivity index (χ0) is 46.0. The number of anilines is 2. The Labute approximate surface area is 355 Å². The van der Waals surface area contributed by atoms with Crippen molar-refractivity contribution in [3.8, 4) is 33.9 Å². The van der Waals surface area contributed by atoms with Crippen LogP contribution in [0.15, 0.2) is 107 Å². The number of aliphatic carboxylic acids is 2. The molecule has 4 N–H and O–H groups in total. The van der Waals surface area contributed by atoms with Gasteiger partial charge in [-0.05, 0) is 97.8 Å². The molecule has 20 heteroatoms. The third-order valence-corrected chi connectivity index (χ3v) is 9.51. The summed E-state index contributed by atoms with van der Waals surface area (Å²) >= 11 is 0. The molecule has 0 aliphatic carbocycles. The van der Waals surface area contributed by atoms with E-state index in [0.29, 0.717) is 22.3 Å². The number of hydrogen-bond donors (Lipinski definition) is 4. The summed E-state index contributed by atoms with van der Waals surface area (Å²) in [5.74, 6) is -7.66. The number of benzene rings is 4. The van der Waals surface area contributed by atoms with Crippen LogP contribution < -0.4 is 21.8 Å². The summed E-state index contributed by atoms with van der Waals surface area (Å²) in [4.78, 5) is 64.4. The second kappa shape index (κ2) is 17.9. The van der Waals surface area contributed by atoms with E-state index < -0.39 is 82.4 Å². The van der Waals surface area contributed by atoms with Crippen molar-refractivity contribution in [1.29, 1.82) is 0 Å². The topological polar surface area (TPSA) is 194 Å². The number of para-hydroxylation sites is 2. The first-order chi connectivity index (χ1) is 30.5. The Bertz CT molecular complexity index is 3050. The molecule has 4 aromatic carbocycles. The number of hydrogen-bond acceptors (Lipinski definition) is 10. The lowest BCUT2D eigenvalue weighted by Crippen LogP contribution is -2.22. The number of pyridine rings is 2. The zero-order valence-electron chi connectivity index (χ0n) is 33.1. The highest BCUT2D eigenvalue weighted by Gasteiger charge is 2.22. The van der Waals surface area contributed by atoms with Crippen LogP contribution in [0.3, 0.4) is 0 Å². The predicted octanol–water partition coefficient (Wildman–Crippen LogP) is 7.34. The first-order valence-corrected chi connectivity index (χ1v) is 18.7. The Morgan fingerprint density at radius 2 is 0.891 bits per heavy atom. The highest BCUT2D eigenvalue weighted by molar-refractivity contribution is 5.94. The second-order valence-corrected chi connectivity index (χ2v) is 13.8. The van der Waals surface area contributed by atoms with Crippen LogP contribution >= 0.6 is 0 Å². The third-order valence-electron chi connectivity index (χ3n) is 9.51. The van der Waals surface area contributed by atoms with Gasteiger partial charge in [0.25, 0.3) is 11.1 Å². The van der Waals surface area contributed by atoms with Crippen LogP contribution in [0, 0.1) is 48.8 Å². The minimum absolute atomic E-state index is 0.150. The normalized spacial score (nSPS) is 11.0. The fourth-order valence-corrected chi connectivity index (χ4v) is 6.73. The Morgan fingerprint density at radius 1 is 0.531 bits per heavy atom. The Kier molecular flexibility index (Phi) is 12.2. The third kappa shape index (κ3) is 8.82. The van der Waals surface area contributed by atoms with Gasteiger partial charge in [-0.15, -0.1) is 0 Å². The van der Waals surface area contributed by atoms with E-state index in [1.54, 1.807) is 13.8 Å². The average molecular weight is 881 g/mol. The Balaban J connectivity index is 0.000000191. The summed E-state index contributed by atoms with van der Waals surface area (Å²) in [6.45, 7) is 2.20. The van der Waals surface area contributed by atoms with Gasteiger partial charge in [-0.1, -0.05) is 12.1 Å². The smallest absolute Gasteiger partial charge is 0.322 e. The van der Waals surface area contributed by atoms with Gasteiger partial charge < -0.3 is 20.8 Å². The molecule has 0 bridgehead atoms. The molecule has 8 rings (SSSR count). The standard InChI is InChI=1S/2C22H15F3N4O3/c2*1-11-9-12(23)5-6-13(11)19-14-7-8-17(30)29(20-15(24)3-2-4-16(20)25)21(14)28-22(27-19)26-10-18(31)32/h2*2-9H,10H2,1H3,(H,31,32)(H,26,27,28). The van der Waals surface area contributed by atoms with Crippen molar-refractivity contribution in [2.24, 2.45) is 0 Å². The average Bonchev–Trinajstić information content (AvgIpc) is 3.23. The Hall–Kier alpha value is -8.42. The van der Waals surface area contributed by atoms with Crippen LogP contribution in [-0.4, -0.2) is 64.3 Å². The van der Waals surface area contributed by atoms with Crippen LogP contribution in [0.25, 0.3) is 56.0 Å². The lowest BCUT2D eigenvalue weighted by molar-refractivity contribution is -0.136. The molecule has 4 aromatic heterocycles. The molecule has 0 saturated carbocycles. The lowest BCUT2D eigenvalue weighted by atomic mass is 10.0. The number of aryl methyl sites for hydroxylation is 2. The number of rotatable bonds is 10. The van der Waals surface area contributed by atoms with Gasteiger partial charge in [0.15, 0.2) is 11.3 Å². The maximum atomic E-state index is 14.6. The largest absolute Gasteiger partial charge is 0.480 e. The summed E-state index contributed by atoms with van der Waals surface area (Å²) in [7, 11) is 0. The number of carbonyl (C=O) groups is 2. The summed E-state index contributed by atoms with van der Waals surface area (Å²) in [6.07, 6.45) is 0. The summed E-state index contributed by atoms with van der Waals surface area (Å²) in [5.41, 5.74) is -0.679.